The minimum Gasteiger partial charge on any atom is -0.481 e. The van der Waals surface area contributed by atoms with Gasteiger partial charge in [-0.3, -0.25) is 9.59 Å². The molecule has 3 amide bonds. The number of rotatable bonds is 6. The van der Waals surface area contributed by atoms with Crippen LogP contribution in [-0.4, -0.2) is 42.1 Å². The molecule has 1 aliphatic carbocycles. The first-order chi connectivity index (χ1) is 9.52. The van der Waals surface area contributed by atoms with Crippen molar-refractivity contribution in [3.05, 3.63) is 0 Å². The highest BCUT2D eigenvalue weighted by molar-refractivity contribution is 5.78. The lowest BCUT2D eigenvalue weighted by molar-refractivity contribution is -0.142. The highest BCUT2D eigenvalue weighted by atomic mass is 16.4. The summed E-state index contributed by atoms with van der Waals surface area (Å²) >= 11 is 0. The summed E-state index contributed by atoms with van der Waals surface area (Å²) in [5.41, 5.74) is 0. The van der Waals surface area contributed by atoms with E-state index in [9.17, 15) is 14.4 Å². The molecular formula is C13H23N3O4. The lowest BCUT2D eigenvalue weighted by Gasteiger charge is -2.26. The molecule has 0 radical (unpaired) electrons. The van der Waals surface area contributed by atoms with E-state index in [1.165, 1.54) is 0 Å². The van der Waals surface area contributed by atoms with Gasteiger partial charge in [-0.1, -0.05) is 0 Å². The zero-order chi connectivity index (χ0) is 15.0. The van der Waals surface area contributed by atoms with Crippen molar-refractivity contribution in [1.82, 2.24) is 16.0 Å². The maximum Gasteiger partial charge on any atom is 0.315 e. The van der Waals surface area contributed by atoms with Gasteiger partial charge in [0.1, 0.15) is 0 Å². The molecule has 4 N–H and O–H groups in total. The molecule has 114 valence electrons. The van der Waals surface area contributed by atoms with E-state index in [1.807, 2.05) is 6.92 Å². The summed E-state index contributed by atoms with van der Waals surface area (Å²) in [6.07, 6.45) is 2.81. The molecule has 0 atom stereocenters. The third kappa shape index (κ3) is 5.90. The lowest BCUT2D eigenvalue weighted by Crippen LogP contribution is -2.45. The standard InChI is InChI=1S/C13H23N3O4/c1-2-14-11(17)7-8-15-13(20)16-10-5-3-9(4-6-10)12(18)19/h9-10H,2-8H2,1H3,(H,14,17)(H,18,19)(H2,15,16,20). The number of hydrogen-bond donors (Lipinski definition) is 4. The largest absolute Gasteiger partial charge is 0.481 e. The third-order valence-electron chi connectivity index (χ3n) is 3.42. The van der Waals surface area contributed by atoms with E-state index in [1.54, 1.807) is 0 Å². The first-order valence-corrected chi connectivity index (χ1v) is 7.06. The van der Waals surface area contributed by atoms with E-state index in [0.717, 1.165) is 0 Å². The van der Waals surface area contributed by atoms with E-state index in [4.69, 9.17) is 5.11 Å². The monoisotopic (exact) mass is 285 g/mol. The van der Waals surface area contributed by atoms with Crippen molar-refractivity contribution in [1.29, 1.82) is 0 Å². The quantitative estimate of drug-likeness (QED) is 0.568. The van der Waals surface area contributed by atoms with Crippen LogP contribution in [0.2, 0.25) is 0 Å². The molecule has 0 bridgehead atoms. The summed E-state index contributed by atoms with van der Waals surface area (Å²) in [5.74, 6) is -1.13. The first-order valence-electron chi connectivity index (χ1n) is 7.06. The van der Waals surface area contributed by atoms with Crippen LogP contribution < -0.4 is 16.0 Å². The maximum absolute atomic E-state index is 11.6. The summed E-state index contributed by atoms with van der Waals surface area (Å²) in [4.78, 5) is 33.6. The molecule has 1 saturated carbocycles. The van der Waals surface area contributed by atoms with E-state index in [0.29, 0.717) is 38.8 Å². The van der Waals surface area contributed by atoms with Crippen LogP contribution in [0.5, 0.6) is 0 Å². The molecule has 0 heterocycles. The minimum atomic E-state index is -0.755. The Labute approximate surface area is 118 Å². The summed E-state index contributed by atoms with van der Waals surface area (Å²) in [7, 11) is 0. The average Bonchev–Trinajstić information content (AvgIpc) is 2.39. The smallest absolute Gasteiger partial charge is 0.315 e. The van der Waals surface area contributed by atoms with Crippen LogP contribution in [0.4, 0.5) is 4.79 Å². The van der Waals surface area contributed by atoms with Crippen molar-refractivity contribution in [2.45, 2.75) is 45.1 Å². The van der Waals surface area contributed by atoms with E-state index >= 15 is 0 Å². The van der Waals surface area contributed by atoms with Crippen LogP contribution in [0.15, 0.2) is 0 Å². The Hall–Kier alpha value is -1.79. The van der Waals surface area contributed by atoms with Crippen LogP contribution in [0.25, 0.3) is 0 Å². The van der Waals surface area contributed by atoms with Crippen molar-refractivity contribution in [2.75, 3.05) is 13.1 Å². The number of carbonyl (C=O) groups is 3. The Kier molecular flexibility index (Phi) is 6.83. The summed E-state index contributed by atoms with van der Waals surface area (Å²) in [6, 6.07) is -0.275. The highest BCUT2D eigenvalue weighted by Gasteiger charge is 2.26. The molecule has 0 aromatic carbocycles. The van der Waals surface area contributed by atoms with Gasteiger partial charge in [0.2, 0.25) is 5.91 Å². The number of carbonyl (C=O) groups excluding carboxylic acids is 2. The van der Waals surface area contributed by atoms with Crippen molar-refractivity contribution in [2.24, 2.45) is 5.92 Å². The third-order valence-corrected chi connectivity index (χ3v) is 3.42. The second kappa shape index (κ2) is 8.39. The van der Waals surface area contributed by atoms with Gasteiger partial charge >= 0.3 is 12.0 Å². The van der Waals surface area contributed by atoms with Crippen LogP contribution in [-0.2, 0) is 9.59 Å². The van der Waals surface area contributed by atoms with Gasteiger partial charge in [-0.05, 0) is 32.6 Å². The summed E-state index contributed by atoms with van der Waals surface area (Å²) in [6.45, 7) is 2.71. The zero-order valence-electron chi connectivity index (χ0n) is 11.8. The van der Waals surface area contributed by atoms with E-state index in [-0.39, 0.29) is 30.3 Å². The molecule has 1 rings (SSSR count). The molecule has 1 fully saturated rings. The van der Waals surface area contributed by atoms with Crippen LogP contribution in [0.3, 0.4) is 0 Å². The normalized spacial score (nSPS) is 21.9. The first kappa shape index (κ1) is 16.3. The number of amides is 3. The molecule has 0 unspecified atom stereocenters. The fraction of sp³-hybridized carbons (Fsp3) is 0.769. The molecule has 1 aliphatic rings. The van der Waals surface area contributed by atoms with Gasteiger partial charge in [0, 0.05) is 25.6 Å². The van der Waals surface area contributed by atoms with Crippen LogP contribution >= 0.6 is 0 Å². The predicted octanol–water partition coefficient (Wildman–Crippen LogP) is 0.455. The van der Waals surface area contributed by atoms with Gasteiger partial charge < -0.3 is 21.1 Å². The van der Waals surface area contributed by atoms with Gasteiger partial charge in [0.05, 0.1) is 5.92 Å². The Morgan fingerprint density at radius 2 is 1.75 bits per heavy atom. The number of carboxylic acid groups (broad SMARTS) is 1. The number of nitrogens with one attached hydrogen (secondary N) is 3. The Morgan fingerprint density at radius 1 is 1.10 bits per heavy atom. The fourth-order valence-electron chi connectivity index (χ4n) is 2.30. The van der Waals surface area contributed by atoms with Crippen molar-refractivity contribution in [3.63, 3.8) is 0 Å². The van der Waals surface area contributed by atoms with E-state index < -0.39 is 5.97 Å². The molecule has 0 saturated heterocycles. The van der Waals surface area contributed by atoms with Gasteiger partial charge in [-0.2, -0.15) is 0 Å². The minimum absolute atomic E-state index is 0.0232. The fourth-order valence-corrected chi connectivity index (χ4v) is 2.30. The molecule has 0 aliphatic heterocycles. The number of hydrogen-bond acceptors (Lipinski definition) is 3. The number of urea groups is 1. The second-order valence-electron chi connectivity index (χ2n) is 4.99. The van der Waals surface area contributed by atoms with E-state index in [2.05, 4.69) is 16.0 Å². The molecule has 20 heavy (non-hydrogen) atoms. The van der Waals surface area contributed by atoms with Gasteiger partial charge in [-0.15, -0.1) is 0 Å². The van der Waals surface area contributed by atoms with Gasteiger partial charge in [-0.25, -0.2) is 4.79 Å². The Morgan fingerprint density at radius 3 is 2.30 bits per heavy atom. The molecule has 0 aromatic heterocycles. The Balaban J connectivity index is 2.14. The highest BCUT2D eigenvalue weighted by Crippen LogP contribution is 2.24. The topological polar surface area (TPSA) is 108 Å². The molecule has 7 heteroatoms. The predicted molar refractivity (Wildman–Crippen MR) is 73.2 cm³/mol. The molecule has 0 spiro atoms. The molecular weight excluding hydrogens is 262 g/mol. The summed E-state index contributed by atoms with van der Waals surface area (Å²) < 4.78 is 0. The van der Waals surface area contributed by atoms with Crippen LogP contribution in [0, 0.1) is 5.92 Å². The van der Waals surface area contributed by atoms with Crippen molar-refractivity contribution >= 4 is 17.9 Å². The Bertz CT molecular complexity index is 352. The molecule has 7 nitrogen and oxygen atoms in total. The van der Waals surface area contributed by atoms with Crippen LogP contribution in [0.1, 0.15) is 39.0 Å². The molecule has 0 aromatic rings. The summed E-state index contributed by atoms with van der Waals surface area (Å²) in [5, 5.41) is 17.0. The van der Waals surface area contributed by atoms with Gasteiger partial charge in [0.15, 0.2) is 0 Å². The van der Waals surface area contributed by atoms with Gasteiger partial charge in [0.25, 0.3) is 0 Å². The lowest BCUT2D eigenvalue weighted by atomic mass is 9.86. The number of carboxylic acids is 1. The SMILES string of the molecule is CCNC(=O)CCNC(=O)NC1CCC(C(=O)O)CC1. The maximum atomic E-state index is 11.6. The number of aliphatic carboxylic acids is 1. The second-order valence-corrected chi connectivity index (χ2v) is 4.99. The zero-order valence-corrected chi connectivity index (χ0v) is 11.8. The van der Waals surface area contributed by atoms with Crippen molar-refractivity contribution in [3.8, 4) is 0 Å². The van der Waals surface area contributed by atoms with Crippen molar-refractivity contribution < 1.29 is 19.5 Å². The average molecular weight is 285 g/mol.